The third-order valence-corrected chi connectivity index (χ3v) is 6.13. The van der Waals surface area contributed by atoms with Crippen molar-refractivity contribution < 1.29 is 19.1 Å². The summed E-state index contributed by atoms with van der Waals surface area (Å²) in [6, 6.07) is 4.30. The summed E-state index contributed by atoms with van der Waals surface area (Å²) in [4.78, 5) is 40.6. The standard InChI is InChI=1S/C20H27N3O4S/c1-11(2)17-20(26)23-8-7-12(9-15(23)19(25)22-17)21-18(24)14-6-5-13(28-4)10-16(14)27-3/h5-6,10-12,15,17H,7-9H2,1-4H3,(H,21,24)(H,22,25). The first-order valence-electron chi connectivity index (χ1n) is 9.49. The Kier molecular flexibility index (Phi) is 6.17. The summed E-state index contributed by atoms with van der Waals surface area (Å²) in [5.41, 5.74) is 0.465. The highest BCUT2D eigenvalue weighted by Gasteiger charge is 2.44. The van der Waals surface area contributed by atoms with Gasteiger partial charge in [-0.2, -0.15) is 0 Å². The lowest BCUT2D eigenvalue weighted by Crippen LogP contribution is -2.67. The fraction of sp³-hybridized carbons (Fsp3) is 0.550. The number of carbonyl (C=O) groups excluding carboxylic acids is 3. The van der Waals surface area contributed by atoms with E-state index in [1.807, 2.05) is 32.2 Å². The molecule has 2 saturated heterocycles. The molecule has 28 heavy (non-hydrogen) atoms. The minimum atomic E-state index is -0.526. The number of hydrogen-bond donors (Lipinski definition) is 2. The fourth-order valence-corrected chi connectivity index (χ4v) is 4.23. The maximum atomic E-state index is 12.8. The van der Waals surface area contributed by atoms with Crippen LogP contribution < -0.4 is 15.4 Å². The largest absolute Gasteiger partial charge is 0.496 e. The fourth-order valence-electron chi connectivity index (χ4n) is 3.80. The van der Waals surface area contributed by atoms with Crippen LogP contribution in [0.25, 0.3) is 0 Å². The van der Waals surface area contributed by atoms with Crippen molar-refractivity contribution in [3.63, 3.8) is 0 Å². The van der Waals surface area contributed by atoms with Gasteiger partial charge in [0.25, 0.3) is 5.91 Å². The smallest absolute Gasteiger partial charge is 0.255 e. The molecular formula is C20H27N3O4S. The Hall–Kier alpha value is -2.22. The van der Waals surface area contributed by atoms with Gasteiger partial charge in [0.15, 0.2) is 0 Å². The maximum Gasteiger partial charge on any atom is 0.255 e. The van der Waals surface area contributed by atoms with Gasteiger partial charge < -0.3 is 20.3 Å². The Labute approximate surface area is 169 Å². The van der Waals surface area contributed by atoms with E-state index in [2.05, 4.69) is 10.6 Å². The van der Waals surface area contributed by atoms with E-state index >= 15 is 0 Å². The highest BCUT2D eigenvalue weighted by Crippen LogP contribution is 2.27. The zero-order chi connectivity index (χ0) is 20.4. The molecule has 2 fully saturated rings. The number of nitrogens with one attached hydrogen (secondary N) is 2. The lowest BCUT2D eigenvalue weighted by Gasteiger charge is -2.45. The van der Waals surface area contributed by atoms with E-state index < -0.39 is 12.1 Å². The molecule has 1 aromatic rings. The van der Waals surface area contributed by atoms with Crippen molar-refractivity contribution in [2.24, 2.45) is 5.92 Å². The second-order valence-electron chi connectivity index (χ2n) is 7.54. The molecule has 0 aromatic heterocycles. The second-order valence-corrected chi connectivity index (χ2v) is 8.42. The molecule has 2 aliphatic heterocycles. The number of fused-ring (bicyclic) bond motifs is 1. The Morgan fingerprint density at radius 3 is 2.75 bits per heavy atom. The third kappa shape index (κ3) is 3.97. The van der Waals surface area contributed by atoms with Crippen LogP contribution in [0.15, 0.2) is 23.1 Å². The highest BCUT2D eigenvalue weighted by atomic mass is 32.2. The van der Waals surface area contributed by atoms with E-state index in [4.69, 9.17) is 4.74 Å². The summed E-state index contributed by atoms with van der Waals surface area (Å²) in [6.45, 7) is 4.31. The number of ether oxygens (including phenoxy) is 1. The molecule has 0 radical (unpaired) electrons. The molecule has 3 atom stereocenters. The molecule has 3 rings (SSSR count). The topological polar surface area (TPSA) is 87.7 Å². The van der Waals surface area contributed by atoms with Gasteiger partial charge in [-0.25, -0.2) is 0 Å². The highest BCUT2D eigenvalue weighted by molar-refractivity contribution is 7.98. The Balaban J connectivity index is 1.69. The number of rotatable bonds is 5. The van der Waals surface area contributed by atoms with Crippen molar-refractivity contribution in [1.29, 1.82) is 0 Å². The van der Waals surface area contributed by atoms with Crippen LogP contribution in [-0.2, 0) is 9.59 Å². The van der Waals surface area contributed by atoms with Gasteiger partial charge in [-0.3, -0.25) is 14.4 Å². The van der Waals surface area contributed by atoms with Crippen molar-refractivity contribution in [3.05, 3.63) is 23.8 Å². The molecule has 0 bridgehead atoms. The molecule has 0 spiro atoms. The Bertz CT molecular complexity index is 783. The molecule has 0 saturated carbocycles. The second kappa shape index (κ2) is 8.43. The number of hydrogen-bond acceptors (Lipinski definition) is 5. The first-order valence-corrected chi connectivity index (χ1v) is 10.7. The van der Waals surface area contributed by atoms with Crippen molar-refractivity contribution in [1.82, 2.24) is 15.5 Å². The zero-order valence-corrected chi connectivity index (χ0v) is 17.5. The van der Waals surface area contributed by atoms with Crippen LogP contribution >= 0.6 is 11.8 Å². The first kappa shape index (κ1) is 20.5. The normalized spacial score (nSPS) is 24.6. The molecule has 7 nitrogen and oxygen atoms in total. The lowest BCUT2D eigenvalue weighted by molar-refractivity contribution is -0.152. The summed E-state index contributed by atoms with van der Waals surface area (Å²) >= 11 is 1.58. The van der Waals surface area contributed by atoms with Crippen LogP contribution in [0.1, 0.15) is 37.0 Å². The molecule has 3 unspecified atom stereocenters. The van der Waals surface area contributed by atoms with Gasteiger partial charge in [0.1, 0.15) is 17.8 Å². The minimum absolute atomic E-state index is 0.0290. The summed E-state index contributed by atoms with van der Waals surface area (Å²) < 4.78 is 5.36. The Morgan fingerprint density at radius 2 is 2.11 bits per heavy atom. The number of methoxy groups -OCH3 is 1. The van der Waals surface area contributed by atoms with Gasteiger partial charge in [0.05, 0.1) is 12.7 Å². The van der Waals surface area contributed by atoms with Crippen LogP contribution in [-0.4, -0.2) is 60.7 Å². The molecular weight excluding hydrogens is 378 g/mol. The van der Waals surface area contributed by atoms with E-state index in [-0.39, 0.29) is 29.7 Å². The van der Waals surface area contributed by atoms with Gasteiger partial charge in [0.2, 0.25) is 11.8 Å². The number of piperidine rings is 1. The van der Waals surface area contributed by atoms with Gasteiger partial charge in [-0.05, 0) is 43.2 Å². The van der Waals surface area contributed by atoms with Crippen molar-refractivity contribution in [2.45, 2.75) is 49.7 Å². The van der Waals surface area contributed by atoms with E-state index in [9.17, 15) is 14.4 Å². The summed E-state index contributed by atoms with van der Waals surface area (Å²) in [7, 11) is 1.54. The monoisotopic (exact) mass is 405 g/mol. The van der Waals surface area contributed by atoms with E-state index in [0.29, 0.717) is 30.7 Å². The minimum Gasteiger partial charge on any atom is -0.496 e. The number of amides is 3. The van der Waals surface area contributed by atoms with Crippen LogP contribution in [0.5, 0.6) is 5.75 Å². The van der Waals surface area contributed by atoms with Crippen molar-refractivity contribution >= 4 is 29.5 Å². The SMILES string of the molecule is COc1cc(SC)ccc1C(=O)NC1CCN2C(=O)C(C(C)C)NC(=O)C2C1. The predicted molar refractivity (Wildman–Crippen MR) is 108 cm³/mol. The summed E-state index contributed by atoms with van der Waals surface area (Å²) in [5.74, 6) is 0.169. The number of thioether (sulfide) groups is 1. The lowest BCUT2D eigenvalue weighted by atomic mass is 9.90. The molecule has 0 aliphatic carbocycles. The number of benzene rings is 1. The predicted octanol–water partition coefficient (Wildman–Crippen LogP) is 1.66. The first-order chi connectivity index (χ1) is 13.3. The quantitative estimate of drug-likeness (QED) is 0.728. The van der Waals surface area contributed by atoms with Gasteiger partial charge >= 0.3 is 0 Å². The Morgan fingerprint density at radius 1 is 1.36 bits per heavy atom. The van der Waals surface area contributed by atoms with Gasteiger partial charge in [-0.1, -0.05) is 13.8 Å². The average molecular weight is 406 g/mol. The third-order valence-electron chi connectivity index (χ3n) is 5.41. The van der Waals surface area contributed by atoms with E-state index in [1.165, 1.54) is 7.11 Å². The van der Waals surface area contributed by atoms with E-state index in [1.54, 1.807) is 22.7 Å². The van der Waals surface area contributed by atoms with Gasteiger partial charge in [0, 0.05) is 17.5 Å². The summed E-state index contributed by atoms with van der Waals surface area (Å²) in [5, 5.41) is 5.84. The summed E-state index contributed by atoms with van der Waals surface area (Å²) in [6.07, 6.45) is 3.00. The van der Waals surface area contributed by atoms with Crippen LogP contribution in [0.4, 0.5) is 0 Å². The van der Waals surface area contributed by atoms with E-state index in [0.717, 1.165) is 4.90 Å². The van der Waals surface area contributed by atoms with Crippen LogP contribution in [0.3, 0.4) is 0 Å². The molecule has 2 N–H and O–H groups in total. The number of nitrogens with zero attached hydrogens (tertiary/aromatic N) is 1. The van der Waals surface area contributed by atoms with Crippen molar-refractivity contribution in [2.75, 3.05) is 19.9 Å². The average Bonchev–Trinajstić information content (AvgIpc) is 2.69. The number of carbonyl (C=O) groups is 3. The van der Waals surface area contributed by atoms with Gasteiger partial charge in [-0.15, -0.1) is 11.8 Å². The molecule has 2 aliphatic rings. The van der Waals surface area contributed by atoms with Crippen LogP contribution in [0, 0.1) is 5.92 Å². The molecule has 8 heteroatoms. The molecule has 3 amide bonds. The zero-order valence-electron chi connectivity index (χ0n) is 16.7. The van der Waals surface area contributed by atoms with Crippen LogP contribution in [0.2, 0.25) is 0 Å². The molecule has 2 heterocycles. The maximum absolute atomic E-state index is 12.8. The molecule has 1 aromatic carbocycles. The molecule has 152 valence electrons. The number of piperazine rings is 1. The van der Waals surface area contributed by atoms with Crippen molar-refractivity contribution in [3.8, 4) is 5.75 Å².